The van der Waals surface area contributed by atoms with Crippen LogP contribution < -0.4 is 11.1 Å². The van der Waals surface area contributed by atoms with Gasteiger partial charge >= 0.3 is 6.18 Å². The summed E-state index contributed by atoms with van der Waals surface area (Å²) in [6, 6.07) is 1.02. The molecule has 1 saturated carbocycles. The highest BCUT2D eigenvalue weighted by Gasteiger charge is 2.34. The molecule has 0 aliphatic heterocycles. The van der Waals surface area contributed by atoms with Crippen molar-refractivity contribution in [2.75, 3.05) is 5.32 Å². The number of aromatic nitrogens is 3. The van der Waals surface area contributed by atoms with Crippen LogP contribution in [0.5, 0.6) is 0 Å². The van der Waals surface area contributed by atoms with Crippen LogP contribution in [0.15, 0.2) is 18.5 Å². The summed E-state index contributed by atoms with van der Waals surface area (Å²) in [7, 11) is 0. The number of fused-ring (bicyclic) bond motifs is 1. The summed E-state index contributed by atoms with van der Waals surface area (Å²) in [6.07, 6.45) is 2.30. The number of hydrogen-bond donors (Lipinski definition) is 2. The van der Waals surface area contributed by atoms with Gasteiger partial charge in [0.05, 0.1) is 0 Å². The van der Waals surface area contributed by atoms with Crippen LogP contribution in [0.4, 0.5) is 19.0 Å². The van der Waals surface area contributed by atoms with Gasteiger partial charge in [0.15, 0.2) is 11.5 Å². The lowest BCUT2D eigenvalue weighted by Gasteiger charge is -2.29. The van der Waals surface area contributed by atoms with E-state index in [9.17, 15) is 13.2 Å². The molecule has 0 aromatic carbocycles. The fourth-order valence-corrected chi connectivity index (χ4v) is 2.69. The Morgan fingerprint density at radius 1 is 1.29 bits per heavy atom. The molecule has 2 heterocycles. The smallest absolute Gasteiger partial charge is 0.364 e. The molecule has 1 aliphatic carbocycles. The van der Waals surface area contributed by atoms with Gasteiger partial charge in [-0.1, -0.05) is 12.8 Å². The van der Waals surface area contributed by atoms with E-state index in [2.05, 4.69) is 15.4 Å². The summed E-state index contributed by atoms with van der Waals surface area (Å²) in [5.41, 5.74) is 5.44. The molecule has 3 rings (SSSR count). The van der Waals surface area contributed by atoms with Gasteiger partial charge in [-0.2, -0.15) is 18.3 Å². The van der Waals surface area contributed by atoms with Crippen molar-refractivity contribution in [2.24, 2.45) is 5.73 Å². The summed E-state index contributed by atoms with van der Waals surface area (Å²) in [4.78, 5) is 4.14. The van der Waals surface area contributed by atoms with Crippen LogP contribution >= 0.6 is 0 Å². The Hall–Kier alpha value is -1.83. The lowest BCUT2D eigenvalue weighted by Crippen LogP contribution is -2.42. The van der Waals surface area contributed by atoms with Crippen molar-refractivity contribution in [3.05, 3.63) is 24.2 Å². The van der Waals surface area contributed by atoms with Gasteiger partial charge in [0.2, 0.25) is 0 Å². The summed E-state index contributed by atoms with van der Waals surface area (Å²) < 4.78 is 39.4. The van der Waals surface area contributed by atoms with Crippen LogP contribution in [-0.2, 0) is 6.18 Å². The molecular weight excluding hydrogens is 283 g/mol. The van der Waals surface area contributed by atoms with E-state index in [1.54, 1.807) is 0 Å². The zero-order valence-corrected chi connectivity index (χ0v) is 11.3. The summed E-state index contributed by atoms with van der Waals surface area (Å²) >= 11 is 0. The first-order valence-electron chi connectivity index (χ1n) is 6.89. The van der Waals surface area contributed by atoms with Crippen molar-refractivity contribution in [3.8, 4) is 0 Å². The number of hydrogen-bond acceptors (Lipinski definition) is 4. The molecule has 0 bridgehead atoms. The molecule has 0 amide bonds. The second kappa shape index (κ2) is 5.18. The van der Waals surface area contributed by atoms with Crippen LogP contribution in [0.3, 0.4) is 0 Å². The maximum Gasteiger partial charge on any atom is 0.435 e. The minimum Gasteiger partial charge on any atom is -0.364 e. The Bertz CT molecular complexity index is 636. The number of halogens is 3. The first-order chi connectivity index (χ1) is 9.95. The van der Waals surface area contributed by atoms with Crippen LogP contribution in [0.25, 0.3) is 5.52 Å². The van der Waals surface area contributed by atoms with E-state index < -0.39 is 11.9 Å². The maximum atomic E-state index is 12.7. The molecule has 1 fully saturated rings. The predicted molar refractivity (Wildman–Crippen MR) is 71.8 cm³/mol. The molecule has 3 N–H and O–H groups in total. The van der Waals surface area contributed by atoms with E-state index in [0.717, 1.165) is 31.7 Å². The average molecular weight is 299 g/mol. The van der Waals surface area contributed by atoms with E-state index >= 15 is 0 Å². The van der Waals surface area contributed by atoms with E-state index in [-0.39, 0.29) is 12.1 Å². The molecule has 0 radical (unpaired) electrons. The largest absolute Gasteiger partial charge is 0.435 e. The molecule has 0 unspecified atom stereocenters. The van der Waals surface area contributed by atoms with Crippen LogP contribution in [0, 0.1) is 0 Å². The van der Waals surface area contributed by atoms with Crippen LogP contribution in [0.2, 0.25) is 0 Å². The Morgan fingerprint density at radius 2 is 2.05 bits per heavy atom. The van der Waals surface area contributed by atoms with Gasteiger partial charge in [0, 0.05) is 30.5 Å². The maximum absolute atomic E-state index is 12.7. The Morgan fingerprint density at radius 3 is 2.76 bits per heavy atom. The molecular formula is C13H16F3N5. The summed E-state index contributed by atoms with van der Waals surface area (Å²) in [5, 5.41) is 6.71. The van der Waals surface area contributed by atoms with Crippen LogP contribution in [0.1, 0.15) is 31.4 Å². The molecule has 0 saturated heterocycles. The van der Waals surface area contributed by atoms with Crippen molar-refractivity contribution >= 4 is 11.3 Å². The van der Waals surface area contributed by atoms with Crippen molar-refractivity contribution in [1.29, 1.82) is 0 Å². The highest BCUT2D eigenvalue weighted by Crippen LogP contribution is 2.30. The van der Waals surface area contributed by atoms with Gasteiger partial charge in [0.1, 0.15) is 5.52 Å². The lowest BCUT2D eigenvalue weighted by molar-refractivity contribution is -0.141. The Balaban J connectivity index is 1.93. The van der Waals surface area contributed by atoms with Crippen molar-refractivity contribution in [3.63, 3.8) is 0 Å². The number of alkyl halides is 3. The van der Waals surface area contributed by atoms with Gasteiger partial charge in [-0.3, -0.25) is 0 Å². The van der Waals surface area contributed by atoms with Crippen molar-refractivity contribution in [1.82, 2.24) is 14.6 Å². The summed E-state index contributed by atoms with van der Waals surface area (Å²) in [5.74, 6) is 0.392. The third kappa shape index (κ3) is 2.80. The van der Waals surface area contributed by atoms with Gasteiger partial charge in [-0.25, -0.2) is 9.50 Å². The van der Waals surface area contributed by atoms with Gasteiger partial charge in [0.25, 0.3) is 0 Å². The monoisotopic (exact) mass is 299 g/mol. The highest BCUT2D eigenvalue weighted by atomic mass is 19.4. The first-order valence-corrected chi connectivity index (χ1v) is 6.89. The van der Waals surface area contributed by atoms with Gasteiger partial charge < -0.3 is 11.1 Å². The number of nitrogens with zero attached hydrogens (tertiary/aromatic N) is 3. The molecule has 2 aromatic rings. The third-order valence-electron chi connectivity index (χ3n) is 3.82. The number of nitrogens with two attached hydrogens (primary N) is 1. The Kier molecular flexibility index (Phi) is 3.48. The second-order valence-electron chi connectivity index (χ2n) is 5.33. The number of nitrogens with one attached hydrogen (secondary N) is 1. The lowest BCUT2D eigenvalue weighted by atomic mass is 9.91. The zero-order chi connectivity index (χ0) is 15.0. The molecule has 5 nitrogen and oxygen atoms in total. The van der Waals surface area contributed by atoms with E-state index in [0.29, 0.717) is 11.3 Å². The number of rotatable bonds is 2. The molecule has 21 heavy (non-hydrogen) atoms. The van der Waals surface area contributed by atoms with Crippen molar-refractivity contribution < 1.29 is 13.2 Å². The van der Waals surface area contributed by atoms with Gasteiger partial charge in [-0.05, 0) is 12.8 Å². The molecule has 8 heteroatoms. The third-order valence-corrected chi connectivity index (χ3v) is 3.82. The SMILES string of the molecule is N[C@@H]1CCCC[C@H]1Nc1nccn2nc(C(F)(F)F)cc12. The minimum atomic E-state index is -4.47. The molecule has 1 aliphatic rings. The molecule has 114 valence electrons. The quantitative estimate of drug-likeness (QED) is 0.893. The van der Waals surface area contributed by atoms with Crippen LogP contribution in [-0.4, -0.2) is 26.7 Å². The zero-order valence-electron chi connectivity index (χ0n) is 11.3. The first kappa shape index (κ1) is 14.1. The average Bonchev–Trinajstić information content (AvgIpc) is 2.86. The van der Waals surface area contributed by atoms with E-state index in [1.807, 2.05) is 0 Å². The fraction of sp³-hybridized carbons (Fsp3) is 0.538. The summed E-state index contributed by atoms with van der Waals surface area (Å²) in [6.45, 7) is 0. The van der Waals surface area contributed by atoms with Gasteiger partial charge in [-0.15, -0.1) is 0 Å². The fourth-order valence-electron chi connectivity index (χ4n) is 2.69. The van der Waals surface area contributed by atoms with E-state index in [1.165, 1.54) is 16.9 Å². The van der Waals surface area contributed by atoms with E-state index in [4.69, 9.17) is 5.73 Å². The highest BCUT2D eigenvalue weighted by molar-refractivity contribution is 5.68. The Labute approximate surface area is 119 Å². The topological polar surface area (TPSA) is 68.2 Å². The predicted octanol–water partition coefficient (Wildman–Crippen LogP) is 2.43. The molecule has 0 spiro atoms. The normalized spacial score (nSPS) is 23.4. The van der Waals surface area contributed by atoms with Crippen molar-refractivity contribution in [2.45, 2.75) is 43.9 Å². The standard InChI is InChI=1S/C13H16F3N5/c14-13(15,16)11-7-10-12(18-5-6-21(10)20-11)19-9-4-2-1-3-8(9)17/h5-9H,1-4,17H2,(H,18,19)/t8-,9-/m1/s1. The molecule has 2 aromatic heterocycles. The minimum absolute atomic E-state index is 0.00851. The second-order valence-corrected chi connectivity index (χ2v) is 5.33. The molecule has 2 atom stereocenters. The number of anilines is 1.